The van der Waals surface area contributed by atoms with Crippen LogP contribution in [0.4, 0.5) is 5.69 Å². The summed E-state index contributed by atoms with van der Waals surface area (Å²) >= 11 is 1.38. The monoisotopic (exact) mass is 770 g/mol. The van der Waals surface area contributed by atoms with Crippen molar-refractivity contribution in [3.05, 3.63) is 124 Å². The number of carbonyl (C=O) groups is 2. The third-order valence-corrected chi connectivity index (χ3v) is 12.6. The molecule has 4 aromatic heterocycles. The maximum absolute atomic E-state index is 14.3. The Bertz CT molecular complexity index is 2450. The van der Waals surface area contributed by atoms with Gasteiger partial charge >= 0.3 is 0 Å². The van der Waals surface area contributed by atoms with Gasteiger partial charge in [-0.3, -0.25) is 23.9 Å². The molecule has 288 valence electrons. The maximum atomic E-state index is 14.3. The molecule has 0 radical (unpaired) electrons. The van der Waals surface area contributed by atoms with E-state index in [1.807, 2.05) is 120 Å². The highest BCUT2D eigenvalue weighted by Crippen LogP contribution is 2.37. The van der Waals surface area contributed by atoms with Gasteiger partial charge in [0, 0.05) is 87.1 Å². The van der Waals surface area contributed by atoms with Crippen molar-refractivity contribution in [3.8, 4) is 16.3 Å². The smallest absolute Gasteiger partial charge is 0.265 e. The fourth-order valence-corrected chi connectivity index (χ4v) is 9.10. The van der Waals surface area contributed by atoms with Crippen LogP contribution in [-0.4, -0.2) is 96.7 Å². The van der Waals surface area contributed by atoms with Gasteiger partial charge in [-0.15, -0.1) is 11.3 Å². The number of hydrogen-bond donors (Lipinski definition) is 1. The highest BCUT2D eigenvalue weighted by molar-refractivity contribution is 7.17. The van der Waals surface area contributed by atoms with Gasteiger partial charge in [0.2, 0.25) is 5.91 Å². The van der Waals surface area contributed by atoms with E-state index in [-0.39, 0.29) is 35.8 Å². The molecule has 2 saturated heterocycles. The van der Waals surface area contributed by atoms with Gasteiger partial charge < -0.3 is 24.4 Å². The predicted molar refractivity (Wildman–Crippen MR) is 218 cm³/mol. The zero-order valence-electron chi connectivity index (χ0n) is 32.1. The number of fused-ring (bicyclic) bond motifs is 1. The van der Waals surface area contributed by atoms with Crippen molar-refractivity contribution >= 4 is 39.9 Å². The molecule has 2 amide bonds. The number of likely N-dealkylation sites (tertiary alicyclic amines) is 2. The third kappa shape index (κ3) is 7.24. The van der Waals surface area contributed by atoms with Gasteiger partial charge in [-0.05, 0) is 75.1 Å². The molecule has 2 fully saturated rings. The molecule has 2 aromatic carbocycles. The summed E-state index contributed by atoms with van der Waals surface area (Å²) in [5.41, 5.74) is 4.61. The predicted octanol–water partition coefficient (Wildman–Crippen LogP) is 5.69. The number of piperidine rings is 2. The first kappa shape index (κ1) is 37.3. The third-order valence-electron chi connectivity index (χ3n) is 11.4. The second kappa shape index (κ2) is 15.1. The fraction of sp³-hybridized carbons (Fsp3) is 0.349. The molecule has 8 rings (SSSR count). The number of rotatable bonds is 8. The van der Waals surface area contributed by atoms with E-state index in [1.165, 1.54) is 22.2 Å². The van der Waals surface area contributed by atoms with Gasteiger partial charge in [-0.1, -0.05) is 36.4 Å². The average Bonchev–Trinajstić information content (AvgIpc) is 3.83. The lowest BCUT2D eigenvalue weighted by Gasteiger charge is -2.43. The molecule has 0 saturated carbocycles. The number of thiazole rings is 1. The van der Waals surface area contributed by atoms with Crippen LogP contribution in [0.2, 0.25) is 0 Å². The van der Waals surface area contributed by atoms with Gasteiger partial charge in [-0.2, -0.15) is 0 Å². The largest absolute Gasteiger partial charge is 0.388 e. The van der Waals surface area contributed by atoms with Crippen LogP contribution in [0.1, 0.15) is 51.8 Å². The number of nitrogens with zero attached hydrogens (tertiary/aromatic N) is 8. The Hall–Kier alpha value is -5.66. The number of benzene rings is 2. The van der Waals surface area contributed by atoms with Crippen LogP contribution in [0.25, 0.3) is 27.3 Å². The van der Waals surface area contributed by atoms with Crippen LogP contribution in [0.5, 0.6) is 0 Å². The summed E-state index contributed by atoms with van der Waals surface area (Å²) in [6, 6.07) is 23.7. The van der Waals surface area contributed by atoms with E-state index >= 15 is 0 Å². The first-order chi connectivity index (χ1) is 27.0. The second-order valence-electron chi connectivity index (χ2n) is 15.3. The normalized spacial score (nSPS) is 18.3. The second-order valence-corrected chi connectivity index (χ2v) is 16.3. The molecule has 12 nitrogen and oxygen atoms in total. The Balaban J connectivity index is 0.949. The summed E-state index contributed by atoms with van der Waals surface area (Å²) in [7, 11) is 3.96. The van der Waals surface area contributed by atoms with Crippen molar-refractivity contribution in [2.45, 2.75) is 51.2 Å². The van der Waals surface area contributed by atoms with Crippen LogP contribution in [-0.2, 0) is 11.3 Å². The number of amides is 2. The lowest BCUT2D eigenvalue weighted by Crippen LogP contribution is -2.53. The lowest BCUT2D eigenvalue weighted by molar-refractivity contribution is -0.142. The van der Waals surface area contributed by atoms with Gasteiger partial charge in [0.05, 0.1) is 23.2 Å². The average molecular weight is 771 g/mol. The quantitative estimate of drug-likeness (QED) is 0.209. The molecule has 6 aromatic rings. The minimum atomic E-state index is -1.17. The molecule has 13 heteroatoms. The van der Waals surface area contributed by atoms with Crippen molar-refractivity contribution < 1.29 is 14.7 Å². The Morgan fingerprint density at radius 3 is 2.46 bits per heavy atom. The summed E-state index contributed by atoms with van der Waals surface area (Å²) in [4.78, 5) is 62.1. The minimum absolute atomic E-state index is 0.0380. The Morgan fingerprint density at radius 2 is 1.73 bits per heavy atom. The highest BCUT2D eigenvalue weighted by Gasteiger charge is 2.42. The first-order valence-electron chi connectivity index (χ1n) is 19.1. The van der Waals surface area contributed by atoms with Gasteiger partial charge in [0.1, 0.15) is 16.2 Å². The van der Waals surface area contributed by atoms with E-state index in [1.54, 1.807) is 12.3 Å². The number of aliphatic hydroxyl groups is 1. The Morgan fingerprint density at radius 1 is 0.946 bits per heavy atom. The van der Waals surface area contributed by atoms with Crippen LogP contribution >= 0.6 is 11.3 Å². The van der Waals surface area contributed by atoms with Gasteiger partial charge in [-0.25, -0.2) is 9.97 Å². The van der Waals surface area contributed by atoms with Crippen molar-refractivity contribution in [1.82, 2.24) is 33.9 Å². The molecule has 0 bridgehead atoms. The zero-order valence-corrected chi connectivity index (χ0v) is 32.9. The molecular formula is C43H46N8O4S. The van der Waals surface area contributed by atoms with Gasteiger partial charge in [0.15, 0.2) is 5.65 Å². The summed E-state index contributed by atoms with van der Waals surface area (Å²) in [6.07, 6.45) is 6.34. The number of pyridine rings is 1. The molecule has 56 heavy (non-hydrogen) atoms. The Kier molecular flexibility index (Phi) is 10.1. The van der Waals surface area contributed by atoms with E-state index < -0.39 is 5.60 Å². The van der Waals surface area contributed by atoms with Crippen molar-refractivity contribution in [2.75, 3.05) is 45.2 Å². The molecule has 0 unspecified atom stereocenters. The van der Waals surface area contributed by atoms with Crippen LogP contribution in [0.15, 0.2) is 96.3 Å². The molecule has 2 aliphatic heterocycles. The van der Waals surface area contributed by atoms with E-state index in [4.69, 9.17) is 4.98 Å². The first-order valence-corrected chi connectivity index (χ1v) is 19.9. The van der Waals surface area contributed by atoms with E-state index in [2.05, 4.69) is 9.97 Å². The summed E-state index contributed by atoms with van der Waals surface area (Å²) in [6.45, 7) is 5.50. The summed E-state index contributed by atoms with van der Waals surface area (Å²) in [5.74, 6) is -0.540. The van der Waals surface area contributed by atoms with Crippen LogP contribution < -0.4 is 10.5 Å². The molecule has 2 atom stereocenters. The van der Waals surface area contributed by atoms with Crippen LogP contribution in [0, 0.1) is 19.8 Å². The van der Waals surface area contributed by atoms with Crippen molar-refractivity contribution in [1.29, 1.82) is 0 Å². The number of aryl methyl sites for hydroxylation is 2. The van der Waals surface area contributed by atoms with E-state index in [0.717, 1.165) is 33.2 Å². The maximum Gasteiger partial charge on any atom is 0.265 e. The lowest BCUT2D eigenvalue weighted by atomic mass is 9.79. The summed E-state index contributed by atoms with van der Waals surface area (Å²) in [5, 5.41) is 13.0. The number of anilines is 1. The van der Waals surface area contributed by atoms with Gasteiger partial charge in [0.25, 0.3) is 11.5 Å². The molecule has 0 aliphatic carbocycles. The fourth-order valence-electron chi connectivity index (χ4n) is 8.08. The Labute approximate surface area is 329 Å². The molecule has 2 aliphatic rings. The highest BCUT2D eigenvalue weighted by atomic mass is 32.1. The van der Waals surface area contributed by atoms with E-state index in [9.17, 15) is 19.5 Å². The minimum Gasteiger partial charge on any atom is -0.388 e. The van der Waals surface area contributed by atoms with Crippen molar-refractivity contribution in [2.24, 2.45) is 5.92 Å². The van der Waals surface area contributed by atoms with Crippen LogP contribution in [0.3, 0.4) is 0 Å². The number of aromatic nitrogens is 5. The number of carbonyl (C=O) groups excluding carboxylic acids is 2. The standard InChI is InChI=1S/C43H46N8O4S/c1-28-13-14-31(24-44-28)39-46-29(2)37(56-39)42(54)49-19-15-34(36(25-49)30-9-6-5-7-10-30)40(52)48-21-17-43(55,18-22-48)26-50-27-45-38-35(41(50)53)16-20-51(38)33-12-8-11-32(23-33)47(3)4/h5-14,16,20,23-24,27,34,36,55H,15,17-19,21-22,25-26H2,1-4H3/t34-,36+/m1/s1. The topological polar surface area (TPSA) is 130 Å². The SMILES string of the molecule is Cc1ccc(-c2nc(C)c(C(=O)N3CC[C@@H](C(=O)N4CCC(O)(Cn5cnc6c(ccn6-c6cccc(N(C)C)c6)c5=O)CC4)[C@H](c4ccccc4)C3)s2)cn1. The molecule has 0 spiro atoms. The number of hydrogen-bond acceptors (Lipinski definition) is 9. The molecule has 6 heterocycles. The summed E-state index contributed by atoms with van der Waals surface area (Å²) < 4.78 is 3.39. The zero-order chi connectivity index (χ0) is 39.1. The molecular weight excluding hydrogens is 725 g/mol. The van der Waals surface area contributed by atoms with E-state index in [0.29, 0.717) is 67.0 Å². The van der Waals surface area contributed by atoms with Crippen molar-refractivity contribution in [3.63, 3.8) is 0 Å². The molecule has 1 N–H and O–H groups in total.